The second-order valence-corrected chi connectivity index (χ2v) is 2.56. The van der Waals surface area contributed by atoms with E-state index in [4.69, 9.17) is 5.73 Å². The van der Waals surface area contributed by atoms with Gasteiger partial charge in [-0.2, -0.15) is 0 Å². The van der Waals surface area contributed by atoms with Crippen LogP contribution in [0.3, 0.4) is 0 Å². The van der Waals surface area contributed by atoms with Gasteiger partial charge in [-0.25, -0.2) is 0 Å². The normalized spacial score (nSPS) is 9.00. The van der Waals surface area contributed by atoms with Crippen LogP contribution in [0.2, 0.25) is 0 Å². The number of allylic oxidation sites excluding steroid dienone is 1. The Morgan fingerprint density at radius 2 is 2.10 bits per heavy atom. The van der Waals surface area contributed by atoms with Gasteiger partial charge in [-0.3, -0.25) is 0 Å². The molecule has 0 aliphatic rings. The lowest BCUT2D eigenvalue weighted by Gasteiger charge is -1.96. The van der Waals surface area contributed by atoms with Gasteiger partial charge < -0.3 is 5.73 Å². The zero-order chi connectivity index (χ0) is 7.82. The summed E-state index contributed by atoms with van der Waals surface area (Å²) in [6.07, 6.45) is 4.73. The molecule has 0 fully saturated rings. The summed E-state index contributed by atoms with van der Waals surface area (Å²) in [6, 6.07) is 0. The molecule has 0 spiro atoms. The molecule has 0 saturated heterocycles. The van der Waals surface area contributed by atoms with E-state index in [0.29, 0.717) is 0 Å². The SMILES string of the molecule is C=C=C(C)CCCCCN. The molecular formula is C9H17N. The molecule has 0 amide bonds. The fourth-order valence-corrected chi connectivity index (χ4v) is 0.800. The van der Waals surface area contributed by atoms with Crippen molar-refractivity contribution in [3.05, 3.63) is 17.9 Å². The van der Waals surface area contributed by atoms with Gasteiger partial charge in [-0.1, -0.05) is 13.0 Å². The topological polar surface area (TPSA) is 26.0 Å². The lowest BCUT2D eigenvalue weighted by atomic mass is 10.1. The fourth-order valence-electron chi connectivity index (χ4n) is 0.800. The van der Waals surface area contributed by atoms with Gasteiger partial charge in [0.1, 0.15) is 0 Å². The van der Waals surface area contributed by atoms with Crippen LogP contribution in [0.1, 0.15) is 32.6 Å². The summed E-state index contributed by atoms with van der Waals surface area (Å²) in [5.74, 6) is 0. The highest BCUT2D eigenvalue weighted by atomic mass is 14.5. The molecule has 0 aliphatic carbocycles. The first kappa shape index (κ1) is 9.48. The van der Waals surface area contributed by atoms with Gasteiger partial charge >= 0.3 is 0 Å². The maximum atomic E-state index is 5.34. The predicted octanol–water partition coefficient (Wildman–Crippen LogP) is 2.24. The van der Waals surface area contributed by atoms with Crippen molar-refractivity contribution < 1.29 is 0 Å². The molecule has 1 nitrogen and oxygen atoms in total. The Morgan fingerprint density at radius 3 is 2.60 bits per heavy atom. The molecule has 58 valence electrons. The molecule has 0 heterocycles. The highest BCUT2D eigenvalue weighted by molar-refractivity contribution is 4.93. The van der Waals surface area contributed by atoms with Gasteiger partial charge in [0.2, 0.25) is 0 Å². The van der Waals surface area contributed by atoms with Crippen molar-refractivity contribution >= 4 is 0 Å². The summed E-state index contributed by atoms with van der Waals surface area (Å²) in [4.78, 5) is 0. The van der Waals surface area contributed by atoms with Crippen molar-refractivity contribution in [2.45, 2.75) is 32.6 Å². The zero-order valence-corrected chi connectivity index (χ0v) is 6.82. The standard InChI is InChI=1S/C9H17N/c1-3-9(2)7-5-4-6-8-10/h1,4-8,10H2,2H3. The van der Waals surface area contributed by atoms with Gasteiger partial charge in [-0.05, 0) is 38.3 Å². The lowest BCUT2D eigenvalue weighted by molar-refractivity contribution is 0.684. The average Bonchev–Trinajstić information content (AvgIpc) is 1.98. The van der Waals surface area contributed by atoms with Crippen molar-refractivity contribution in [2.24, 2.45) is 5.73 Å². The van der Waals surface area contributed by atoms with Crippen LogP contribution in [0, 0.1) is 0 Å². The van der Waals surface area contributed by atoms with E-state index in [2.05, 4.69) is 19.2 Å². The van der Waals surface area contributed by atoms with Crippen LogP contribution in [-0.4, -0.2) is 6.54 Å². The number of unbranched alkanes of at least 4 members (excludes halogenated alkanes) is 2. The van der Waals surface area contributed by atoms with Crippen LogP contribution in [0.15, 0.2) is 17.9 Å². The van der Waals surface area contributed by atoms with Crippen LogP contribution in [0.25, 0.3) is 0 Å². The van der Waals surface area contributed by atoms with Crippen molar-refractivity contribution in [1.82, 2.24) is 0 Å². The minimum absolute atomic E-state index is 0.816. The van der Waals surface area contributed by atoms with Gasteiger partial charge in [0.05, 0.1) is 0 Å². The monoisotopic (exact) mass is 139 g/mol. The highest BCUT2D eigenvalue weighted by Crippen LogP contribution is 2.05. The van der Waals surface area contributed by atoms with E-state index in [9.17, 15) is 0 Å². The third-order valence-electron chi connectivity index (χ3n) is 1.56. The Labute approximate surface area is 63.6 Å². The van der Waals surface area contributed by atoms with E-state index in [1.807, 2.05) is 0 Å². The highest BCUT2D eigenvalue weighted by Gasteiger charge is 1.88. The summed E-state index contributed by atoms with van der Waals surface area (Å²) in [5.41, 5.74) is 9.48. The Morgan fingerprint density at radius 1 is 1.40 bits per heavy atom. The largest absolute Gasteiger partial charge is 0.330 e. The predicted molar refractivity (Wildman–Crippen MR) is 45.8 cm³/mol. The van der Waals surface area contributed by atoms with E-state index in [1.54, 1.807) is 0 Å². The van der Waals surface area contributed by atoms with Crippen LogP contribution < -0.4 is 5.73 Å². The average molecular weight is 139 g/mol. The van der Waals surface area contributed by atoms with E-state index in [1.165, 1.54) is 18.4 Å². The first-order chi connectivity index (χ1) is 4.81. The molecule has 0 rings (SSSR count). The Bertz CT molecular complexity index is 121. The van der Waals surface area contributed by atoms with E-state index >= 15 is 0 Å². The molecule has 0 aromatic heterocycles. The smallest absolute Gasteiger partial charge is 0.00773 e. The van der Waals surface area contributed by atoms with Crippen LogP contribution >= 0.6 is 0 Å². The van der Waals surface area contributed by atoms with Gasteiger partial charge in [0, 0.05) is 0 Å². The summed E-state index contributed by atoms with van der Waals surface area (Å²) in [7, 11) is 0. The summed E-state index contributed by atoms with van der Waals surface area (Å²) in [6.45, 7) is 6.45. The second kappa shape index (κ2) is 6.60. The van der Waals surface area contributed by atoms with Gasteiger partial charge in [0.15, 0.2) is 0 Å². The Kier molecular flexibility index (Phi) is 6.25. The maximum absolute atomic E-state index is 5.34. The minimum Gasteiger partial charge on any atom is -0.330 e. The second-order valence-electron chi connectivity index (χ2n) is 2.56. The van der Waals surface area contributed by atoms with E-state index in [0.717, 1.165) is 19.4 Å². The van der Waals surface area contributed by atoms with Crippen LogP contribution in [0.5, 0.6) is 0 Å². The maximum Gasteiger partial charge on any atom is -0.00773 e. The van der Waals surface area contributed by atoms with Crippen molar-refractivity contribution in [3.63, 3.8) is 0 Å². The number of hydrogen-bond acceptors (Lipinski definition) is 1. The zero-order valence-electron chi connectivity index (χ0n) is 6.82. The molecule has 0 aliphatic heterocycles. The quantitative estimate of drug-likeness (QED) is 0.459. The molecule has 10 heavy (non-hydrogen) atoms. The summed E-state index contributed by atoms with van der Waals surface area (Å²) in [5, 5.41) is 0. The third-order valence-corrected chi connectivity index (χ3v) is 1.56. The first-order valence-corrected chi connectivity index (χ1v) is 3.87. The molecule has 0 radical (unpaired) electrons. The molecule has 0 aromatic rings. The third kappa shape index (κ3) is 5.61. The Balaban J connectivity index is 3.12. The lowest BCUT2D eigenvalue weighted by Crippen LogP contribution is -1.97. The van der Waals surface area contributed by atoms with Crippen molar-refractivity contribution in [2.75, 3.05) is 6.54 Å². The summed E-state index contributed by atoms with van der Waals surface area (Å²) < 4.78 is 0. The number of nitrogens with two attached hydrogens (primary N) is 1. The molecule has 0 unspecified atom stereocenters. The van der Waals surface area contributed by atoms with Crippen LogP contribution in [0.4, 0.5) is 0 Å². The summed E-state index contributed by atoms with van der Waals surface area (Å²) >= 11 is 0. The van der Waals surface area contributed by atoms with Gasteiger partial charge in [-0.15, -0.1) is 5.73 Å². The van der Waals surface area contributed by atoms with Crippen molar-refractivity contribution in [1.29, 1.82) is 0 Å². The molecule has 0 aromatic carbocycles. The molecular weight excluding hydrogens is 122 g/mol. The molecule has 2 N–H and O–H groups in total. The van der Waals surface area contributed by atoms with Crippen molar-refractivity contribution in [3.8, 4) is 0 Å². The van der Waals surface area contributed by atoms with E-state index < -0.39 is 0 Å². The Hall–Kier alpha value is -0.520. The molecule has 0 atom stereocenters. The number of rotatable bonds is 5. The first-order valence-electron chi connectivity index (χ1n) is 3.87. The number of hydrogen-bond donors (Lipinski definition) is 1. The molecule has 1 heteroatoms. The van der Waals surface area contributed by atoms with E-state index in [-0.39, 0.29) is 0 Å². The fraction of sp³-hybridized carbons (Fsp3) is 0.667. The van der Waals surface area contributed by atoms with Gasteiger partial charge in [0.25, 0.3) is 0 Å². The minimum atomic E-state index is 0.816. The molecule has 0 saturated carbocycles. The molecule has 0 bridgehead atoms. The van der Waals surface area contributed by atoms with Crippen LogP contribution in [-0.2, 0) is 0 Å².